The number of halogens is 1. The summed E-state index contributed by atoms with van der Waals surface area (Å²) in [5, 5.41) is 9.13. The quantitative estimate of drug-likeness (QED) is 0.695. The third-order valence-electron chi connectivity index (χ3n) is 3.68. The molecule has 2 aromatic rings. The van der Waals surface area contributed by atoms with Gasteiger partial charge in [-0.05, 0) is 55.7 Å². The number of carbonyl (C=O) groups is 2. The summed E-state index contributed by atoms with van der Waals surface area (Å²) in [6.45, 7) is 4.76. The van der Waals surface area contributed by atoms with E-state index >= 15 is 0 Å². The highest BCUT2D eigenvalue weighted by Gasteiger charge is 2.06. The average molecular weight is 374 g/mol. The van der Waals surface area contributed by atoms with Gasteiger partial charge < -0.3 is 16.0 Å². The second-order valence-corrected chi connectivity index (χ2v) is 6.75. The molecule has 5 nitrogen and oxygen atoms in total. The van der Waals surface area contributed by atoms with Gasteiger partial charge in [0.25, 0.3) is 5.91 Å². The molecule has 0 radical (unpaired) electrons. The zero-order valence-corrected chi connectivity index (χ0v) is 15.8. The van der Waals surface area contributed by atoms with Gasteiger partial charge in [-0.3, -0.25) is 4.79 Å². The summed E-state index contributed by atoms with van der Waals surface area (Å²) in [5.74, 6) is -0.121. The molecule has 0 aromatic heterocycles. The first-order valence-electron chi connectivity index (χ1n) is 8.60. The summed E-state index contributed by atoms with van der Waals surface area (Å²) >= 11 is 5.95. The van der Waals surface area contributed by atoms with Crippen molar-refractivity contribution in [3.63, 3.8) is 0 Å². The van der Waals surface area contributed by atoms with Crippen LogP contribution in [0.2, 0.25) is 5.02 Å². The number of hydrogen-bond donors (Lipinski definition) is 3. The third-order valence-corrected chi connectivity index (χ3v) is 3.91. The van der Waals surface area contributed by atoms with Gasteiger partial charge in [0.05, 0.1) is 0 Å². The van der Waals surface area contributed by atoms with Gasteiger partial charge in [-0.25, -0.2) is 4.79 Å². The van der Waals surface area contributed by atoms with Crippen LogP contribution in [0.5, 0.6) is 0 Å². The van der Waals surface area contributed by atoms with Gasteiger partial charge in [0, 0.05) is 29.7 Å². The first-order chi connectivity index (χ1) is 12.4. The van der Waals surface area contributed by atoms with Gasteiger partial charge in [-0.15, -0.1) is 0 Å². The number of rotatable bonds is 7. The number of urea groups is 1. The van der Waals surface area contributed by atoms with Crippen LogP contribution in [0, 0.1) is 0 Å². The minimum atomic E-state index is -0.206. The normalized spacial score (nSPS) is 10.5. The third kappa shape index (κ3) is 6.76. The second-order valence-electron chi connectivity index (χ2n) is 6.31. The molecule has 0 bridgehead atoms. The molecular formula is C20H24ClN3O2. The summed E-state index contributed by atoms with van der Waals surface area (Å²) in [6, 6.07) is 14.7. The number of amides is 3. The molecule has 138 valence electrons. The molecule has 0 aliphatic rings. The van der Waals surface area contributed by atoms with Crippen LogP contribution in [-0.2, 0) is 13.0 Å². The molecule has 2 rings (SSSR count). The minimum absolute atomic E-state index is 0.0907. The summed E-state index contributed by atoms with van der Waals surface area (Å²) in [6.07, 6.45) is 0.721. The van der Waals surface area contributed by atoms with Crippen molar-refractivity contribution in [3.8, 4) is 0 Å². The van der Waals surface area contributed by atoms with Crippen molar-refractivity contribution in [2.45, 2.75) is 32.9 Å². The molecule has 0 atom stereocenters. The molecule has 3 N–H and O–H groups in total. The van der Waals surface area contributed by atoms with Crippen LogP contribution in [0.15, 0.2) is 48.5 Å². The van der Waals surface area contributed by atoms with Crippen LogP contribution in [-0.4, -0.2) is 24.5 Å². The van der Waals surface area contributed by atoms with Crippen molar-refractivity contribution in [1.82, 2.24) is 16.0 Å². The van der Waals surface area contributed by atoms with Crippen LogP contribution in [0.1, 0.15) is 35.3 Å². The van der Waals surface area contributed by atoms with Crippen LogP contribution >= 0.6 is 11.6 Å². The predicted molar refractivity (Wildman–Crippen MR) is 104 cm³/mol. The van der Waals surface area contributed by atoms with E-state index in [1.165, 1.54) is 0 Å². The van der Waals surface area contributed by atoms with Crippen molar-refractivity contribution >= 4 is 23.5 Å². The number of hydrogen-bond acceptors (Lipinski definition) is 2. The highest BCUT2D eigenvalue weighted by Crippen LogP contribution is 2.11. The summed E-state index contributed by atoms with van der Waals surface area (Å²) in [5.41, 5.74) is 2.60. The fraction of sp³-hybridized carbons (Fsp3) is 0.300. The highest BCUT2D eigenvalue weighted by molar-refractivity contribution is 6.30. The first-order valence-corrected chi connectivity index (χ1v) is 8.98. The molecule has 0 unspecified atom stereocenters. The highest BCUT2D eigenvalue weighted by atomic mass is 35.5. The first kappa shape index (κ1) is 19.8. The van der Waals surface area contributed by atoms with Crippen molar-refractivity contribution in [2.75, 3.05) is 6.54 Å². The molecule has 0 aliphatic heterocycles. The molecule has 26 heavy (non-hydrogen) atoms. The van der Waals surface area contributed by atoms with Crippen LogP contribution < -0.4 is 16.0 Å². The standard InChI is InChI=1S/C20H24ClN3O2/c1-14(2)24-20(26)23-13-16-6-8-17(9-7-16)19(25)22-11-10-15-4-3-5-18(21)12-15/h3-9,12,14H,10-11,13H2,1-2H3,(H,22,25)(H2,23,24,26). The van der Waals surface area contributed by atoms with Gasteiger partial charge >= 0.3 is 6.03 Å². The van der Waals surface area contributed by atoms with Gasteiger partial charge in [0.1, 0.15) is 0 Å². The Morgan fingerprint density at radius 3 is 2.38 bits per heavy atom. The van der Waals surface area contributed by atoms with Gasteiger partial charge in [-0.1, -0.05) is 35.9 Å². The summed E-state index contributed by atoms with van der Waals surface area (Å²) in [4.78, 5) is 23.7. The molecular weight excluding hydrogens is 350 g/mol. The van der Waals surface area contributed by atoms with Gasteiger partial charge in [0.15, 0.2) is 0 Å². The maximum atomic E-state index is 12.2. The molecule has 0 saturated carbocycles. The Hall–Kier alpha value is -2.53. The Kier molecular flexibility index (Phi) is 7.48. The Balaban J connectivity index is 1.78. The number of benzene rings is 2. The topological polar surface area (TPSA) is 70.2 Å². The zero-order valence-electron chi connectivity index (χ0n) is 15.0. The Labute approximate surface area is 159 Å². The Morgan fingerprint density at radius 2 is 1.73 bits per heavy atom. The maximum Gasteiger partial charge on any atom is 0.315 e. The lowest BCUT2D eigenvalue weighted by molar-refractivity contribution is 0.0954. The van der Waals surface area contributed by atoms with E-state index in [1.54, 1.807) is 12.1 Å². The van der Waals surface area contributed by atoms with E-state index in [0.717, 1.165) is 17.5 Å². The Bertz CT molecular complexity index is 745. The monoisotopic (exact) mass is 373 g/mol. The predicted octanol–water partition coefficient (Wildman–Crippen LogP) is 3.52. The summed E-state index contributed by atoms with van der Waals surface area (Å²) < 4.78 is 0. The van der Waals surface area contributed by atoms with Gasteiger partial charge in [-0.2, -0.15) is 0 Å². The summed E-state index contributed by atoms with van der Waals surface area (Å²) in [7, 11) is 0. The lowest BCUT2D eigenvalue weighted by Crippen LogP contribution is -2.39. The lowest BCUT2D eigenvalue weighted by atomic mass is 10.1. The molecule has 6 heteroatoms. The average Bonchev–Trinajstić information content (AvgIpc) is 2.60. The Morgan fingerprint density at radius 1 is 1.00 bits per heavy atom. The van der Waals surface area contributed by atoms with Crippen molar-refractivity contribution in [1.29, 1.82) is 0 Å². The van der Waals surface area contributed by atoms with Crippen LogP contribution in [0.3, 0.4) is 0 Å². The number of carbonyl (C=O) groups excluding carboxylic acids is 2. The zero-order chi connectivity index (χ0) is 18.9. The molecule has 0 aliphatic carbocycles. The maximum absolute atomic E-state index is 12.2. The van der Waals surface area contributed by atoms with E-state index in [4.69, 9.17) is 11.6 Å². The van der Waals surface area contributed by atoms with E-state index in [1.807, 2.05) is 50.2 Å². The fourth-order valence-corrected chi connectivity index (χ4v) is 2.60. The van der Waals surface area contributed by atoms with E-state index < -0.39 is 0 Å². The number of nitrogens with one attached hydrogen (secondary N) is 3. The van der Waals surface area contributed by atoms with Crippen LogP contribution in [0.25, 0.3) is 0 Å². The fourth-order valence-electron chi connectivity index (χ4n) is 2.38. The molecule has 0 saturated heterocycles. The van der Waals surface area contributed by atoms with Gasteiger partial charge in [0.2, 0.25) is 0 Å². The van der Waals surface area contributed by atoms with Crippen molar-refractivity contribution < 1.29 is 9.59 Å². The second kappa shape index (κ2) is 9.82. The molecule has 2 aromatic carbocycles. The van der Waals surface area contributed by atoms with Crippen LogP contribution in [0.4, 0.5) is 4.79 Å². The minimum Gasteiger partial charge on any atom is -0.352 e. The van der Waals surface area contributed by atoms with E-state index in [0.29, 0.717) is 23.7 Å². The molecule has 0 fully saturated rings. The largest absolute Gasteiger partial charge is 0.352 e. The lowest BCUT2D eigenvalue weighted by Gasteiger charge is -2.10. The van der Waals surface area contributed by atoms with E-state index in [2.05, 4.69) is 16.0 Å². The molecule has 0 heterocycles. The smallest absolute Gasteiger partial charge is 0.315 e. The molecule has 3 amide bonds. The van der Waals surface area contributed by atoms with Crippen molar-refractivity contribution in [3.05, 3.63) is 70.2 Å². The van der Waals surface area contributed by atoms with E-state index in [-0.39, 0.29) is 18.0 Å². The SMILES string of the molecule is CC(C)NC(=O)NCc1ccc(C(=O)NCCc2cccc(Cl)c2)cc1. The van der Waals surface area contributed by atoms with E-state index in [9.17, 15) is 9.59 Å². The van der Waals surface area contributed by atoms with Crippen molar-refractivity contribution in [2.24, 2.45) is 0 Å². The molecule has 0 spiro atoms.